The summed E-state index contributed by atoms with van der Waals surface area (Å²) in [6.45, 7) is 0. The lowest BCUT2D eigenvalue weighted by Gasteiger charge is -2.31. The van der Waals surface area contributed by atoms with Crippen molar-refractivity contribution in [2.75, 3.05) is 0 Å². The van der Waals surface area contributed by atoms with E-state index in [0.29, 0.717) is 30.4 Å². The number of rotatable bonds is 1. The summed E-state index contributed by atoms with van der Waals surface area (Å²) in [7, 11) is 0. The Bertz CT molecular complexity index is 600. The van der Waals surface area contributed by atoms with E-state index >= 15 is 0 Å². The molecule has 24 heavy (non-hydrogen) atoms. The molecule has 0 radical (unpaired) electrons. The maximum atomic E-state index is 14.2. The van der Waals surface area contributed by atoms with E-state index in [1.54, 1.807) is 0 Å². The molecule has 1 aromatic rings. The number of halogens is 7. The predicted octanol–water partition coefficient (Wildman–Crippen LogP) is 6.20. The van der Waals surface area contributed by atoms with Crippen LogP contribution in [0.1, 0.15) is 54.7 Å². The molecule has 2 atom stereocenters. The second-order valence-corrected chi connectivity index (χ2v) is 6.76. The monoisotopic (exact) mass is 354 g/mol. The van der Waals surface area contributed by atoms with Crippen molar-refractivity contribution in [2.45, 2.75) is 62.5 Å². The average Bonchev–Trinajstić information content (AvgIpc) is 2.85. The number of fused-ring (bicyclic) bond motifs is 3. The Morgan fingerprint density at radius 2 is 1.42 bits per heavy atom. The van der Waals surface area contributed by atoms with Gasteiger partial charge in [0.15, 0.2) is 0 Å². The van der Waals surface area contributed by atoms with Crippen LogP contribution in [0.2, 0.25) is 0 Å². The van der Waals surface area contributed by atoms with E-state index in [0.717, 1.165) is 37.3 Å². The third-order valence-corrected chi connectivity index (χ3v) is 5.40. The fourth-order valence-corrected chi connectivity index (χ4v) is 4.23. The molecule has 3 rings (SSSR count). The molecule has 0 spiro atoms. The molecule has 0 nitrogen and oxygen atoms in total. The van der Waals surface area contributed by atoms with E-state index in [1.807, 2.05) is 0 Å². The second-order valence-electron chi connectivity index (χ2n) is 6.76. The van der Waals surface area contributed by atoms with Gasteiger partial charge in [0.25, 0.3) is 0 Å². The number of benzene rings is 1. The number of hydrogen-bond donors (Lipinski definition) is 0. The van der Waals surface area contributed by atoms with Gasteiger partial charge in [0.1, 0.15) is 0 Å². The summed E-state index contributed by atoms with van der Waals surface area (Å²) in [5.74, 6) is 0.597. The second kappa shape index (κ2) is 5.63. The summed E-state index contributed by atoms with van der Waals surface area (Å²) in [5, 5.41) is 0. The minimum Gasteiger partial charge on any atom is -0.218 e. The van der Waals surface area contributed by atoms with Crippen LogP contribution in [0.5, 0.6) is 0 Å². The molecule has 0 aromatic heterocycles. The van der Waals surface area contributed by atoms with E-state index in [9.17, 15) is 30.7 Å². The summed E-state index contributed by atoms with van der Waals surface area (Å²) in [5.41, 5.74) is -5.48. The number of alkyl halides is 7. The molecule has 0 bridgehead atoms. The fraction of sp³-hybridized carbons (Fsp3) is 0.647. The predicted molar refractivity (Wildman–Crippen MR) is 74.4 cm³/mol. The summed E-state index contributed by atoms with van der Waals surface area (Å²) < 4.78 is 91.7. The van der Waals surface area contributed by atoms with Crippen molar-refractivity contribution in [1.82, 2.24) is 0 Å². The van der Waals surface area contributed by atoms with Gasteiger partial charge in [-0.3, -0.25) is 0 Å². The van der Waals surface area contributed by atoms with E-state index in [1.165, 1.54) is 6.07 Å². The van der Waals surface area contributed by atoms with Gasteiger partial charge in [-0.05, 0) is 55.1 Å². The molecule has 7 heteroatoms. The zero-order chi connectivity index (χ0) is 17.8. The Hall–Kier alpha value is -1.27. The summed E-state index contributed by atoms with van der Waals surface area (Å²) in [6, 6.07) is 2.74. The van der Waals surface area contributed by atoms with E-state index in [-0.39, 0.29) is 5.92 Å². The molecule has 2 aliphatic carbocycles. The first-order chi connectivity index (χ1) is 11.1. The van der Waals surface area contributed by atoms with Crippen molar-refractivity contribution in [1.29, 1.82) is 0 Å². The Morgan fingerprint density at radius 3 is 2.04 bits per heavy atom. The highest BCUT2D eigenvalue weighted by molar-refractivity contribution is 5.40. The molecule has 0 saturated heterocycles. The molecule has 134 valence electrons. The minimum atomic E-state index is -6.06. The highest BCUT2D eigenvalue weighted by atomic mass is 19.4. The van der Waals surface area contributed by atoms with Crippen molar-refractivity contribution in [3.05, 3.63) is 34.9 Å². The average molecular weight is 354 g/mol. The third-order valence-electron chi connectivity index (χ3n) is 5.40. The molecule has 1 fully saturated rings. The van der Waals surface area contributed by atoms with Crippen LogP contribution in [0.25, 0.3) is 0 Å². The van der Waals surface area contributed by atoms with Gasteiger partial charge in [0.2, 0.25) is 0 Å². The van der Waals surface area contributed by atoms with Gasteiger partial charge in [-0.25, -0.2) is 4.39 Å². The quantitative estimate of drug-likeness (QED) is 0.527. The molecule has 0 N–H and O–H groups in total. The largest absolute Gasteiger partial charge is 0.435 e. The van der Waals surface area contributed by atoms with Gasteiger partial charge in [0, 0.05) is 5.56 Å². The van der Waals surface area contributed by atoms with Crippen LogP contribution in [-0.2, 0) is 12.1 Å². The van der Waals surface area contributed by atoms with Crippen LogP contribution < -0.4 is 0 Å². The molecule has 1 saturated carbocycles. The molecule has 2 aliphatic rings. The molecule has 2 unspecified atom stereocenters. The molecule has 0 amide bonds. The van der Waals surface area contributed by atoms with Crippen LogP contribution in [-0.4, -0.2) is 12.4 Å². The Balaban J connectivity index is 2.09. The summed E-state index contributed by atoms with van der Waals surface area (Å²) in [4.78, 5) is 0. The first-order valence-electron chi connectivity index (χ1n) is 8.01. The lowest BCUT2D eigenvalue weighted by atomic mass is 9.84. The zero-order valence-corrected chi connectivity index (χ0v) is 12.8. The molecular weight excluding hydrogens is 337 g/mol. The van der Waals surface area contributed by atoms with Crippen LogP contribution in [0.15, 0.2) is 18.2 Å². The van der Waals surface area contributed by atoms with Gasteiger partial charge >= 0.3 is 18.0 Å². The molecule has 1 aromatic carbocycles. The van der Waals surface area contributed by atoms with Crippen molar-refractivity contribution >= 4 is 0 Å². The highest BCUT2D eigenvalue weighted by Gasteiger charge is 2.73. The Kier molecular flexibility index (Phi) is 4.12. The van der Waals surface area contributed by atoms with Gasteiger partial charge < -0.3 is 0 Å². The third kappa shape index (κ3) is 2.60. The smallest absolute Gasteiger partial charge is 0.218 e. The molecule has 0 aliphatic heterocycles. The Morgan fingerprint density at radius 1 is 0.792 bits per heavy atom. The maximum Gasteiger partial charge on any atom is 0.435 e. The lowest BCUT2D eigenvalue weighted by Crippen LogP contribution is -2.50. The summed E-state index contributed by atoms with van der Waals surface area (Å²) >= 11 is 0. The molecular formula is C17H17F7. The first-order valence-corrected chi connectivity index (χ1v) is 8.01. The van der Waals surface area contributed by atoms with E-state index < -0.39 is 23.6 Å². The molecule has 0 heterocycles. The highest BCUT2D eigenvalue weighted by Crippen LogP contribution is 2.54. The number of aryl methyl sites for hydroxylation is 1. The first kappa shape index (κ1) is 17.5. The fourth-order valence-electron chi connectivity index (χ4n) is 4.23. The zero-order valence-electron chi connectivity index (χ0n) is 12.8. The topological polar surface area (TPSA) is 0 Å². The maximum absolute atomic E-state index is 14.2. The van der Waals surface area contributed by atoms with E-state index in [4.69, 9.17) is 0 Å². The Labute approximate surface area is 135 Å². The van der Waals surface area contributed by atoms with E-state index in [2.05, 4.69) is 0 Å². The van der Waals surface area contributed by atoms with Crippen molar-refractivity contribution in [3.63, 3.8) is 0 Å². The van der Waals surface area contributed by atoms with Crippen LogP contribution in [0.4, 0.5) is 30.7 Å². The normalized spacial score (nSPS) is 25.1. The summed E-state index contributed by atoms with van der Waals surface area (Å²) in [6.07, 6.45) is -7.18. The number of hydrogen-bond acceptors (Lipinski definition) is 0. The standard InChI is InChI=1S/C17H17F7/c18-15(16(19,20)21,17(22,23)24)12-7-8-14-11(9-12)5-1-3-10-4-2-6-13(10)14/h7-10,13H,1-6H2. The van der Waals surface area contributed by atoms with Gasteiger partial charge in [-0.1, -0.05) is 24.6 Å². The van der Waals surface area contributed by atoms with Crippen LogP contribution in [0, 0.1) is 5.92 Å². The van der Waals surface area contributed by atoms with Gasteiger partial charge in [-0.2, -0.15) is 26.3 Å². The van der Waals surface area contributed by atoms with Gasteiger partial charge in [0.05, 0.1) is 0 Å². The SMILES string of the molecule is FC(F)(F)C(F)(c1ccc2c(c1)CCCC1CCCC21)C(F)(F)F. The lowest BCUT2D eigenvalue weighted by molar-refractivity contribution is -0.348. The van der Waals surface area contributed by atoms with Gasteiger partial charge in [-0.15, -0.1) is 0 Å². The van der Waals surface area contributed by atoms with Crippen molar-refractivity contribution in [2.24, 2.45) is 5.92 Å². The van der Waals surface area contributed by atoms with Crippen LogP contribution in [0.3, 0.4) is 0 Å². The van der Waals surface area contributed by atoms with Crippen LogP contribution >= 0.6 is 0 Å². The van der Waals surface area contributed by atoms with Crippen molar-refractivity contribution in [3.8, 4) is 0 Å². The minimum absolute atomic E-state index is 0.169. The van der Waals surface area contributed by atoms with Crippen molar-refractivity contribution < 1.29 is 30.7 Å².